The van der Waals surface area contributed by atoms with Crippen LogP contribution in [-0.2, 0) is 0 Å². The van der Waals surface area contributed by atoms with E-state index < -0.39 is 16.5 Å². The van der Waals surface area contributed by atoms with Gasteiger partial charge in [0.25, 0.3) is 5.91 Å². The third kappa shape index (κ3) is 2.12. The van der Waals surface area contributed by atoms with E-state index in [1.165, 1.54) is 30.6 Å². The Morgan fingerprint density at radius 3 is 2.89 bits per heavy atom. The summed E-state index contributed by atoms with van der Waals surface area (Å²) < 4.78 is 0. The summed E-state index contributed by atoms with van der Waals surface area (Å²) in [6.07, 6.45) is 2.97. The Labute approximate surface area is 101 Å². The zero-order valence-electron chi connectivity index (χ0n) is 9.08. The molecule has 0 unspecified atom stereocenters. The minimum absolute atomic E-state index is 0.0629. The highest BCUT2D eigenvalue weighted by atomic mass is 16.6. The molecule has 1 aromatic heterocycles. The predicted molar refractivity (Wildman–Crippen MR) is 64.0 cm³/mol. The van der Waals surface area contributed by atoms with Gasteiger partial charge < -0.3 is 10.7 Å². The van der Waals surface area contributed by atoms with Gasteiger partial charge in [-0.3, -0.25) is 20.2 Å². The Bertz CT molecular complexity index is 594. The molecule has 8 nitrogen and oxygen atoms in total. The zero-order chi connectivity index (χ0) is 13.1. The van der Waals surface area contributed by atoms with Crippen molar-refractivity contribution >= 4 is 23.2 Å². The molecule has 0 radical (unpaired) electrons. The van der Waals surface area contributed by atoms with Crippen molar-refractivity contribution in [2.75, 3.05) is 11.1 Å². The second-order valence-corrected chi connectivity index (χ2v) is 3.39. The maximum absolute atomic E-state index is 11.9. The first-order valence-corrected chi connectivity index (χ1v) is 4.93. The van der Waals surface area contributed by atoms with Gasteiger partial charge in [-0.25, -0.2) is 4.98 Å². The molecule has 0 bridgehead atoms. The number of aromatic nitrogens is 2. The van der Waals surface area contributed by atoms with Gasteiger partial charge in [0.15, 0.2) is 0 Å². The van der Waals surface area contributed by atoms with Crippen LogP contribution < -0.4 is 11.1 Å². The van der Waals surface area contributed by atoms with Crippen LogP contribution in [0.4, 0.5) is 17.3 Å². The first-order valence-electron chi connectivity index (χ1n) is 4.93. The van der Waals surface area contributed by atoms with Gasteiger partial charge in [-0.15, -0.1) is 0 Å². The average Bonchev–Trinajstić information content (AvgIpc) is 2.80. The smallest absolute Gasteiger partial charge is 0.304 e. The summed E-state index contributed by atoms with van der Waals surface area (Å²) in [7, 11) is 0. The van der Waals surface area contributed by atoms with Gasteiger partial charge in [0, 0.05) is 12.4 Å². The first-order chi connectivity index (χ1) is 8.59. The van der Waals surface area contributed by atoms with E-state index >= 15 is 0 Å². The van der Waals surface area contributed by atoms with E-state index in [1.54, 1.807) is 0 Å². The molecule has 1 heterocycles. The number of imidazole rings is 1. The van der Waals surface area contributed by atoms with Gasteiger partial charge in [0.05, 0.1) is 4.92 Å². The van der Waals surface area contributed by atoms with E-state index in [-0.39, 0.29) is 17.2 Å². The van der Waals surface area contributed by atoms with Crippen LogP contribution in [0.2, 0.25) is 0 Å². The number of para-hydroxylation sites is 1. The molecule has 2 rings (SSSR count). The number of nitro groups is 1. The summed E-state index contributed by atoms with van der Waals surface area (Å²) in [6, 6.07) is 4.16. The molecule has 0 atom stereocenters. The fourth-order valence-corrected chi connectivity index (χ4v) is 1.46. The summed E-state index contributed by atoms with van der Waals surface area (Å²) in [5, 5.41) is 13.3. The number of anilines is 2. The molecule has 0 aliphatic rings. The Morgan fingerprint density at radius 2 is 2.28 bits per heavy atom. The SMILES string of the molecule is Nc1cccc(C(=O)Nc2ncc[nH]2)c1[N+](=O)[O-]. The van der Waals surface area contributed by atoms with Gasteiger partial charge >= 0.3 is 5.69 Å². The number of nitrogen functional groups attached to an aromatic ring is 1. The largest absolute Gasteiger partial charge is 0.393 e. The lowest BCUT2D eigenvalue weighted by molar-refractivity contribution is -0.384. The maximum atomic E-state index is 11.9. The molecular weight excluding hydrogens is 238 g/mol. The molecule has 0 spiro atoms. The highest BCUT2D eigenvalue weighted by molar-refractivity contribution is 6.07. The number of rotatable bonds is 3. The molecule has 18 heavy (non-hydrogen) atoms. The van der Waals surface area contributed by atoms with Crippen LogP contribution in [-0.4, -0.2) is 20.8 Å². The van der Waals surface area contributed by atoms with Gasteiger partial charge in [0.2, 0.25) is 5.95 Å². The van der Waals surface area contributed by atoms with Crippen molar-refractivity contribution in [1.82, 2.24) is 9.97 Å². The minimum atomic E-state index is -0.688. The summed E-state index contributed by atoms with van der Waals surface area (Å²) in [5.74, 6) is -0.444. The monoisotopic (exact) mass is 247 g/mol. The van der Waals surface area contributed by atoms with Crippen LogP contribution in [0, 0.1) is 10.1 Å². The number of hydrogen-bond acceptors (Lipinski definition) is 5. The number of amides is 1. The fraction of sp³-hybridized carbons (Fsp3) is 0. The van der Waals surface area contributed by atoms with Crippen molar-refractivity contribution in [2.45, 2.75) is 0 Å². The van der Waals surface area contributed by atoms with Crippen molar-refractivity contribution in [3.05, 3.63) is 46.3 Å². The Morgan fingerprint density at radius 1 is 1.50 bits per heavy atom. The van der Waals surface area contributed by atoms with E-state index in [0.717, 1.165) is 0 Å². The van der Waals surface area contributed by atoms with Crippen LogP contribution in [0.3, 0.4) is 0 Å². The van der Waals surface area contributed by atoms with Crippen LogP contribution in [0.25, 0.3) is 0 Å². The first kappa shape index (κ1) is 11.6. The summed E-state index contributed by atoms with van der Waals surface area (Å²) in [5.41, 5.74) is 4.90. The highest BCUT2D eigenvalue weighted by Gasteiger charge is 2.23. The standard InChI is InChI=1S/C10H9N5O3/c11-7-3-1-2-6(8(7)15(17)18)9(16)14-10-12-4-5-13-10/h1-5H,11H2,(H2,12,13,14,16). The predicted octanol–water partition coefficient (Wildman–Crippen LogP) is 1.15. The lowest BCUT2D eigenvalue weighted by atomic mass is 10.1. The summed E-state index contributed by atoms with van der Waals surface area (Å²) in [4.78, 5) is 28.5. The van der Waals surface area contributed by atoms with Crippen LogP contribution in [0.5, 0.6) is 0 Å². The second kappa shape index (κ2) is 4.53. The second-order valence-electron chi connectivity index (χ2n) is 3.39. The quantitative estimate of drug-likeness (QED) is 0.426. The highest BCUT2D eigenvalue weighted by Crippen LogP contribution is 2.26. The van der Waals surface area contributed by atoms with E-state index in [4.69, 9.17) is 5.73 Å². The molecular formula is C10H9N5O3. The van der Waals surface area contributed by atoms with Gasteiger partial charge in [0.1, 0.15) is 11.3 Å². The third-order valence-electron chi connectivity index (χ3n) is 2.22. The Hall–Kier alpha value is -2.90. The van der Waals surface area contributed by atoms with E-state index in [0.29, 0.717) is 0 Å². The molecule has 1 aromatic carbocycles. The number of carbonyl (C=O) groups excluding carboxylic acids is 1. The van der Waals surface area contributed by atoms with Gasteiger partial charge in [-0.2, -0.15) is 0 Å². The molecule has 0 fully saturated rings. The number of nitrogens with two attached hydrogens (primary N) is 1. The van der Waals surface area contributed by atoms with Gasteiger partial charge in [-0.1, -0.05) is 6.07 Å². The van der Waals surface area contributed by atoms with Crippen LogP contribution >= 0.6 is 0 Å². The van der Waals surface area contributed by atoms with Crippen molar-refractivity contribution < 1.29 is 9.72 Å². The van der Waals surface area contributed by atoms with Gasteiger partial charge in [-0.05, 0) is 12.1 Å². The minimum Gasteiger partial charge on any atom is -0.393 e. The summed E-state index contributed by atoms with van der Waals surface area (Å²) >= 11 is 0. The molecule has 8 heteroatoms. The summed E-state index contributed by atoms with van der Waals surface area (Å²) in [6.45, 7) is 0. The number of nitrogens with zero attached hydrogens (tertiary/aromatic N) is 2. The molecule has 0 aliphatic heterocycles. The Kier molecular flexibility index (Phi) is 2.92. The maximum Gasteiger partial charge on any atom is 0.304 e. The normalized spacial score (nSPS) is 10.0. The van der Waals surface area contributed by atoms with Crippen molar-refractivity contribution in [1.29, 1.82) is 0 Å². The van der Waals surface area contributed by atoms with E-state index in [1.807, 2.05) is 0 Å². The fourth-order valence-electron chi connectivity index (χ4n) is 1.46. The third-order valence-corrected chi connectivity index (χ3v) is 2.22. The average molecular weight is 247 g/mol. The van der Waals surface area contributed by atoms with E-state index in [9.17, 15) is 14.9 Å². The molecule has 2 aromatic rings. The topological polar surface area (TPSA) is 127 Å². The molecule has 1 amide bonds. The lowest BCUT2D eigenvalue weighted by Gasteiger charge is -2.04. The number of H-pyrrole nitrogens is 1. The molecule has 0 aliphatic carbocycles. The number of hydrogen-bond donors (Lipinski definition) is 3. The number of benzene rings is 1. The van der Waals surface area contributed by atoms with E-state index in [2.05, 4.69) is 15.3 Å². The van der Waals surface area contributed by atoms with Crippen molar-refractivity contribution in [3.8, 4) is 0 Å². The number of nitrogens with one attached hydrogen (secondary N) is 2. The van der Waals surface area contributed by atoms with Crippen LogP contribution in [0.1, 0.15) is 10.4 Å². The molecule has 0 saturated heterocycles. The van der Waals surface area contributed by atoms with Crippen molar-refractivity contribution in [3.63, 3.8) is 0 Å². The molecule has 0 saturated carbocycles. The number of nitro benzene ring substituents is 1. The lowest BCUT2D eigenvalue weighted by Crippen LogP contribution is -2.15. The molecule has 4 N–H and O–H groups in total. The van der Waals surface area contributed by atoms with Crippen LogP contribution in [0.15, 0.2) is 30.6 Å². The molecule has 92 valence electrons. The number of aromatic amines is 1. The van der Waals surface area contributed by atoms with Crippen molar-refractivity contribution in [2.24, 2.45) is 0 Å². The Balaban J connectivity index is 2.36. The zero-order valence-corrected chi connectivity index (χ0v) is 9.08. The number of carbonyl (C=O) groups is 1.